The Morgan fingerprint density at radius 1 is 1.17 bits per heavy atom. The van der Waals surface area contributed by atoms with E-state index in [0.29, 0.717) is 0 Å². The first-order valence-electron chi connectivity index (χ1n) is 1.07. The van der Waals surface area contributed by atoms with E-state index in [1.54, 1.807) is 0 Å². The lowest BCUT2D eigenvalue weighted by atomic mass is 11.8. The minimum absolute atomic E-state index is 0.194. The van der Waals surface area contributed by atoms with Crippen molar-refractivity contribution >= 4 is 34.8 Å². The Bertz CT molecular complexity index is 10.8. The molecule has 0 aromatic rings. The molecule has 0 spiro atoms. The van der Waals surface area contributed by atoms with Crippen LogP contribution in [0.3, 0.4) is 0 Å². The lowest BCUT2D eigenvalue weighted by Gasteiger charge is -1.42. The molecule has 0 amide bonds. The van der Waals surface area contributed by atoms with Gasteiger partial charge in [-0.1, -0.05) is 11.6 Å². The summed E-state index contributed by atoms with van der Waals surface area (Å²) in [6.45, 7) is 0. The predicted octanol–water partition coefficient (Wildman–Crippen LogP) is 2.57. The molecule has 0 rings (SSSR count). The average molecular weight is 153 g/mol. The number of alkyl halides is 4. The summed E-state index contributed by atoms with van der Waals surface area (Å²) in [5.74, 6) is 0. The van der Waals surface area contributed by atoms with Gasteiger partial charge in [-0.25, -0.2) is 4.39 Å². The van der Waals surface area contributed by atoms with Crippen LogP contribution in [-0.4, -0.2) is 11.5 Å². The average Bonchev–Trinajstić information content (AvgIpc) is 1.39. The smallest absolute Gasteiger partial charge is 0.163 e. The van der Waals surface area contributed by atoms with E-state index in [0.717, 1.165) is 0 Å². The fraction of sp³-hybridized carbons (Fsp3) is 1.00. The topological polar surface area (TPSA) is 0 Å². The second-order valence-electron chi connectivity index (χ2n) is 0.202. The number of halogens is 4. The van der Waals surface area contributed by atoms with Gasteiger partial charge in [0.1, 0.15) is 0 Å². The highest BCUT2D eigenvalue weighted by atomic mass is 35.5. The fourth-order valence-electron chi connectivity index (χ4n) is 0. The molecular formula is C2H4Cl3F. The van der Waals surface area contributed by atoms with Crippen LogP contribution in [0, 0.1) is 0 Å². The zero-order valence-corrected chi connectivity index (χ0v) is 5.19. The zero-order chi connectivity index (χ0) is 5.41. The van der Waals surface area contributed by atoms with E-state index < -0.39 is 6.13 Å². The molecule has 0 saturated heterocycles. The third-order valence-electron chi connectivity index (χ3n) is 0. The van der Waals surface area contributed by atoms with Crippen molar-refractivity contribution in [1.29, 1.82) is 0 Å². The Balaban J connectivity index is 0. The summed E-state index contributed by atoms with van der Waals surface area (Å²) in [7, 11) is 0. The standard InChI is InChI=1S/CH2Cl2.CH2ClF/c2*2-1-3/h2*1H2. The van der Waals surface area contributed by atoms with Gasteiger partial charge in [-0.05, 0) is 0 Å². The first-order valence-corrected chi connectivity index (χ1v) is 2.67. The molecule has 0 fully saturated rings. The Morgan fingerprint density at radius 3 is 1.17 bits per heavy atom. The molecule has 0 aliphatic rings. The SMILES string of the molecule is ClCCl.FCCl. The van der Waals surface area contributed by atoms with Gasteiger partial charge in [0.15, 0.2) is 6.13 Å². The van der Waals surface area contributed by atoms with E-state index in [2.05, 4.69) is 11.6 Å². The van der Waals surface area contributed by atoms with E-state index >= 15 is 0 Å². The Labute approximate surface area is 51.2 Å². The minimum Gasteiger partial charge on any atom is -0.234 e. The molecule has 0 aliphatic carbocycles. The summed E-state index contributed by atoms with van der Waals surface area (Å²) in [6.07, 6.45) is -0.778. The van der Waals surface area contributed by atoms with Gasteiger partial charge in [0.2, 0.25) is 0 Å². The molecule has 4 heteroatoms. The second kappa shape index (κ2) is 17.0. The predicted molar refractivity (Wildman–Crippen MR) is 28.4 cm³/mol. The Morgan fingerprint density at radius 2 is 1.17 bits per heavy atom. The summed E-state index contributed by atoms with van der Waals surface area (Å²) in [5.41, 5.74) is 0. The molecule has 0 heterocycles. The molecule has 0 nitrogen and oxygen atoms in total. The lowest BCUT2D eigenvalue weighted by Crippen LogP contribution is -1.29. The monoisotopic (exact) mass is 152 g/mol. The molecule has 0 radical (unpaired) electrons. The van der Waals surface area contributed by atoms with Gasteiger partial charge in [-0.15, -0.1) is 23.2 Å². The highest BCUT2D eigenvalue weighted by Crippen LogP contribution is 1.73. The maximum atomic E-state index is 10.1. The summed E-state index contributed by atoms with van der Waals surface area (Å²) in [5, 5.41) is 0.194. The molecule has 6 heavy (non-hydrogen) atoms. The Kier molecular flexibility index (Phi) is 28.2. The largest absolute Gasteiger partial charge is 0.234 e. The highest BCUT2D eigenvalue weighted by Gasteiger charge is 1.43. The van der Waals surface area contributed by atoms with Crippen molar-refractivity contribution in [3.8, 4) is 0 Å². The van der Waals surface area contributed by atoms with E-state index in [9.17, 15) is 4.39 Å². The number of hydrogen-bond acceptors (Lipinski definition) is 0. The summed E-state index contributed by atoms with van der Waals surface area (Å²) in [6, 6.07) is 0. The summed E-state index contributed by atoms with van der Waals surface area (Å²) < 4.78 is 10.1. The molecule has 0 saturated carbocycles. The summed E-state index contributed by atoms with van der Waals surface area (Å²) in [4.78, 5) is 0. The van der Waals surface area contributed by atoms with E-state index in [1.165, 1.54) is 0 Å². The zero-order valence-electron chi connectivity index (χ0n) is 2.93. The minimum atomic E-state index is -0.778. The van der Waals surface area contributed by atoms with Crippen LogP contribution in [0.1, 0.15) is 0 Å². The molecule has 0 unspecified atom stereocenters. The van der Waals surface area contributed by atoms with Crippen LogP contribution in [0.15, 0.2) is 0 Å². The molecule has 0 aromatic carbocycles. The van der Waals surface area contributed by atoms with Crippen molar-refractivity contribution in [3.63, 3.8) is 0 Å². The highest BCUT2D eigenvalue weighted by molar-refractivity contribution is 6.40. The van der Waals surface area contributed by atoms with Crippen molar-refractivity contribution in [2.24, 2.45) is 0 Å². The van der Waals surface area contributed by atoms with E-state index in [-0.39, 0.29) is 5.34 Å². The molecule has 0 bridgehead atoms. The van der Waals surface area contributed by atoms with Crippen molar-refractivity contribution in [2.75, 3.05) is 11.5 Å². The third kappa shape index (κ3) is 108. The fourth-order valence-corrected chi connectivity index (χ4v) is 0. The van der Waals surface area contributed by atoms with Crippen LogP contribution >= 0.6 is 34.8 Å². The van der Waals surface area contributed by atoms with Crippen LogP contribution in [-0.2, 0) is 0 Å². The molecule has 0 atom stereocenters. The lowest BCUT2D eigenvalue weighted by molar-refractivity contribution is 0.599. The van der Waals surface area contributed by atoms with Gasteiger partial charge in [-0.3, -0.25) is 0 Å². The van der Waals surface area contributed by atoms with Gasteiger partial charge in [0, 0.05) is 0 Å². The van der Waals surface area contributed by atoms with Gasteiger partial charge >= 0.3 is 0 Å². The number of hydrogen-bond donors (Lipinski definition) is 0. The van der Waals surface area contributed by atoms with Crippen molar-refractivity contribution in [1.82, 2.24) is 0 Å². The van der Waals surface area contributed by atoms with Crippen LogP contribution < -0.4 is 0 Å². The van der Waals surface area contributed by atoms with Crippen LogP contribution in [0.25, 0.3) is 0 Å². The molecule has 0 N–H and O–H groups in total. The van der Waals surface area contributed by atoms with Crippen LogP contribution in [0.5, 0.6) is 0 Å². The van der Waals surface area contributed by atoms with Gasteiger partial charge in [-0.2, -0.15) is 0 Å². The maximum Gasteiger partial charge on any atom is 0.163 e. The van der Waals surface area contributed by atoms with Crippen molar-refractivity contribution in [2.45, 2.75) is 0 Å². The van der Waals surface area contributed by atoms with Crippen LogP contribution in [0.4, 0.5) is 4.39 Å². The number of rotatable bonds is 0. The molecular weight excluding hydrogens is 149 g/mol. The second-order valence-corrected chi connectivity index (χ2v) is 1.21. The third-order valence-corrected chi connectivity index (χ3v) is 0. The Hall–Kier alpha value is 0.800. The molecule has 0 aliphatic heterocycles. The first-order chi connectivity index (χ1) is 2.83. The summed E-state index contributed by atoms with van der Waals surface area (Å²) >= 11 is 13.9. The van der Waals surface area contributed by atoms with Gasteiger partial charge in [0.25, 0.3) is 0 Å². The van der Waals surface area contributed by atoms with Gasteiger partial charge in [0.05, 0.1) is 5.34 Å². The quantitative estimate of drug-likeness (QED) is 0.469. The van der Waals surface area contributed by atoms with Gasteiger partial charge < -0.3 is 0 Å². The van der Waals surface area contributed by atoms with Crippen molar-refractivity contribution < 1.29 is 4.39 Å². The van der Waals surface area contributed by atoms with Crippen molar-refractivity contribution in [3.05, 3.63) is 0 Å². The maximum absolute atomic E-state index is 10.1. The molecule has 40 valence electrons. The van der Waals surface area contributed by atoms with Crippen LogP contribution in [0.2, 0.25) is 0 Å². The normalized spacial score (nSPS) is 6.00. The van der Waals surface area contributed by atoms with E-state index in [1.807, 2.05) is 0 Å². The van der Waals surface area contributed by atoms with E-state index in [4.69, 9.17) is 23.2 Å². The molecule has 0 aromatic heterocycles. The first kappa shape index (κ1) is 9.93.